The van der Waals surface area contributed by atoms with Gasteiger partial charge in [0.05, 0.1) is 12.0 Å². The molecule has 18 heavy (non-hydrogen) atoms. The Kier molecular flexibility index (Phi) is 3.06. The average Bonchev–Trinajstić information content (AvgIpc) is 2.90. The Morgan fingerprint density at radius 1 is 1.44 bits per heavy atom. The second-order valence-electron chi connectivity index (χ2n) is 4.41. The first kappa shape index (κ1) is 11.7. The first-order chi connectivity index (χ1) is 8.79. The number of rotatable bonds is 2. The zero-order chi connectivity index (χ0) is 12.5. The van der Waals surface area contributed by atoms with Crippen LogP contribution in [0.3, 0.4) is 0 Å². The summed E-state index contributed by atoms with van der Waals surface area (Å²) in [4.78, 5) is 8.70. The summed E-state index contributed by atoms with van der Waals surface area (Å²) >= 11 is 6.01. The predicted octanol–water partition coefficient (Wildman–Crippen LogP) is 2.99. The molecule has 0 aliphatic heterocycles. The summed E-state index contributed by atoms with van der Waals surface area (Å²) in [7, 11) is 1.96. The van der Waals surface area contributed by atoms with Crippen molar-refractivity contribution in [3.8, 4) is 11.5 Å². The van der Waals surface area contributed by atoms with Gasteiger partial charge < -0.3 is 9.73 Å². The van der Waals surface area contributed by atoms with E-state index in [0.29, 0.717) is 0 Å². The van der Waals surface area contributed by atoms with E-state index in [9.17, 15) is 0 Å². The highest BCUT2D eigenvalue weighted by molar-refractivity contribution is 6.28. The minimum absolute atomic E-state index is 0.270. The molecule has 3 rings (SSSR count). The standard InChI is InChI=1S/C13H14ClN3O/c1-15-8-4-2-5-9-11(8)12(17-13(14)16-9)10-6-3-7-18-10/h3,6-8,15H,2,4-5H2,1H3. The molecular weight excluding hydrogens is 250 g/mol. The molecule has 4 nitrogen and oxygen atoms in total. The van der Waals surface area contributed by atoms with Crippen molar-refractivity contribution >= 4 is 11.6 Å². The highest BCUT2D eigenvalue weighted by atomic mass is 35.5. The number of aromatic nitrogens is 2. The van der Waals surface area contributed by atoms with Gasteiger partial charge in [0.25, 0.3) is 0 Å². The average molecular weight is 264 g/mol. The molecule has 0 fully saturated rings. The van der Waals surface area contributed by atoms with Crippen LogP contribution in [0.5, 0.6) is 0 Å². The monoisotopic (exact) mass is 263 g/mol. The van der Waals surface area contributed by atoms with Gasteiger partial charge in [-0.1, -0.05) is 0 Å². The highest BCUT2D eigenvalue weighted by Gasteiger charge is 2.26. The number of halogens is 1. The van der Waals surface area contributed by atoms with Crippen molar-refractivity contribution in [1.82, 2.24) is 15.3 Å². The Morgan fingerprint density at radius 3 is 3.06 bits per heavy atom. The Balaban J connectivity index is 2.21. The second-order valence-corrected chi connectivity index (χ2v) is 4.75. The Bertz CT molecular complexity index is 554. The van der Waals surface area contributed by atoms with Crippen LogP contribution in [0, 0.1) is 0 Å². The van der Waals surface area contributed by atoms with E-state index in [0.717, 1.165) is 42.0 Å². The SMILES string of the molecule is CNC1CCCc2nc(Cl)nc(-c3ccco3)c21. The van der Waals surface area contributed by atoms with Crippen LogP contribution in [0.15, 0.2) is 22.8 Å². The van der Waals surface area contributed by atoms with E-state index in [1.165, 1.54) is 0 Å². The van der Waals surface area contributed by atoms with E-state index < -0.39 is 0 Å². The van der Waals surface area contributed by atoms with E-state index in [1.54, 1.807) is 6.26 Å². The summed E-state index contributed by atoms with van der Waals surface area (Å²) < 4.78 is 5.46. The normalized spacial score (nSPS) is 18.7. The number of hydrogen-bond donors (Lipinski definition) is 1. The van der Waals surface area contributed by atoms with Gasteiger partial charge in [-0.3, -0.25) is 0 Å². The Morgan fingerprint density at radius 2 is 2.33 bits per heavy atom. The van der Waals surface area contributed by atoms with Gasteiger partial charge >= 0.3 is 0 Å². The summed E-state index contributed by atoms with van der Waals surface area (Å²) in [6.45, 7) is 0. The fourth-order valence-corrected chi connectivity index (χ4v) is 2.74. The molecule has 2 heterocycles. The summed E-state index contributed by atoms with van der Waals surface area (Å²) in [6.07, 6.45) is 4.80. The van der Waals surface area contributed by atoms with Crippen LogP contribution < -0.4 is 5.32 Å². The van der Waals surface area contributed by atoms with Crippen LogP contribution in [0.25, 0.3) is 11.5 Å². The summed E-state index contributed by atoms with van der Waals surface area (Å²) in [5, 5.41) is 3.61. The molecule has 1 unspecified atom stereocenters. The smallest absolute Gasteiger partial charge is 0.223 e. The first-order valence-electron chi connectivity index (χ1n) is 6.07. The zero-order valence-electron chi connectivity index (χ0n) is 10.1. The lowest BCUT2D eigenvalue weighted by Crippen LogP contribution is -2.24. The van der Waals surface area contributed by atoms with Crippen LogP contribution >= 0.6 is 11.6 Å². The minimum Gasteiger partial charge on any atom is -0.463 e. The van der Waals surface area contributed by atoms with Crippen LogP contribution in [0.4, 0.5) is 0 Å². The number of hydrogen-bond acceptors (Lipinski definition) is 4. The van der Waals surface area contributed by atoms with E-state index >= 15 is 0 Å². The maximum absolute atomic E-state index is 6.01. The van der Waals surface area contributed by atoms with Gasteiger partial charge in [0, 0.05) is 11.6 Å². The van der Waals surface area contributed by atoms with Crippen LogP contribution in [0.2, 0.25) is 5.28 Å². The Hall–Kier alpha value is -1.39. The van der Waals surface area contributed by atoms with Gasteiger partial charge in [0.1, 0.15) is 5.69 Å². The lowest BCUT2D eigenvalue weighted by Gasteiger charge is -2.25. The third-order valence-corrected chi connectivity index (χ3v) is 3.52. The van der Waals surface area contributed by atoms with Gasteiger partial charge in [0.2, 0.25) is 5.28 Å². The molecule has 0 aromatic carbocycles. The van der Waals surface area contributed by atoms with E-state index in [-0.39, 0.29) is 11.3 Å². The molecule has 1 aliphatic carbocycles. The molecule has 0 spiro atoms. The summed E-state index contributed by atoms with van der Waals surface area (Å²) in [5.41, 5.74) is 2.98. The molecule has 2 aromatic rings. The lowest BCUT2D eigenvalue weighted by atomic mass is 9.89. The highest BCUT2D eigenvalue weighted by Crippen LogP contribution is 2.36. The van der Waals surface area contributed by atoms with Crippen molar-refractivity contribution in [1.29, 1.82) is 0 Å². The van der Waals surface area contributed by atoms with Crippen molar-refractivity contribution in [2.75, 3.05) is 7.05 Å². The third-order valence-electron chi connectivity index (χ3n) is 3.36. The van der Waals surface area contributed by atoms with Crippen molar-refractivity contribution in [2.24, 2.45) is 0 Å². The third kappa shape index (κ3) is 1.91. The molecule has 1 N–H and O–H groups in total. The number of nitrogens with one attached hydrogen (secondary N) is 1. The zero-order valence-corrected chi connectivity index (χ0v) is 10.9. The molecule has 0 saturated heterocycles. The molecule has 0 saturated carbocycles. The number of furan rings is 1. The van der Waals surface area contributed by atoms with E-state index in [2.05, 4.69) is 15.3 Å². The summed E-state index contributed by atoms with van der Waals surface area (Å²) in [5.74, 6) is 0.748. The molecule has 1 atom stereocenters. The topological polar surface area (TPSA) is 51.0 Å². The predicted molar refractivity (Wildman–Crippen MR) is 69.5 cm³/mol. The fraction of sp³-hybridized carbons (Fsp3) is 0.385. The Labute approximate surface area is 110 Å². The van der Waals surface area contributed by atoms with E-state index in [4.69, 9.17) is 16.0 Å². The molecular formula is C13H14ClN3O. The first-order valence-corrected chi connectivity index (χ1v) is 6.45. The van der Waals surface area contributed by atoms with Gasteiger partial charge in [-0.15, -0.1) is 0 Å². The van der Waals surface area contributed by atoms with Crippen LogP contribution in [-0.4, -0.2) is 17.0 Å². The number of nitrogens with zero attached hydrogens (tertiary/aromatic N) is 2. The van der Waals surface area contributed by atoms with Gasteiger partial charge in [-0.05, 0) is 50.0 Å². The van der Waals surface area contributed by atoms with E-state index in [1.807, 2.05) is 19.2 Å². The molecule has 0 radical (unpaired) electrons. The molecule has 94 valence electrons. The molecule has 0 bridgehead atoms. The molecule has 1 aliphatic rings. The molecule has 5 heteroatoms. The van der Waals surface area contributed by atoms with Crippen LogP contribution in [-0.2, 0) is 6.42 Å². The second kappa shape index (κ2) is 4.71. The van der Waals surface area contributed by atoms with Gasteiger partial charge in [-0.2, -0.15) is 0 Å². The van der Waals surface area contributed by atoms with Crippen LogP contribution in [0.1, 0.15) is 30.1 Å². The quantitative estimate of drug-likeness (QED) is 0.847. The minimum atomic E-state index is 0.270. The van der Waals surface area contributed by atoms with Gasteiger partial charge in [0.15, 0.2) is 5.76 Å². The largest absolute Gasteiger partial charge is 0.463 e. The van der Waals surface area contributed by atoms with Gasteiger partial charge in [-0.25, -0.2) is 9.97 Å². The maximum Gasteiger partial charge on any atom is 0.223 e. The maximum atomic E-state index is 6.01. The molecule has 2 aromatic heterocycles. The lowest BCUT2D eigenvalue weighted by molar-refractivity contribution is 0.485. The van der Waals surface area contributed by atoms with Crippen molar-refractivity contribution in [3.05, 3.63) is 34.9 Å². The summed E-state index contributed by atoms with van der Waals surface area (Å²) in [6, 6.07) is 4.03. The van der Waals surface area contributed by atoms with Crippen molar-refractivity contribution < 1.29 is 4.42 Å². The van der Waals surface area contributed by atoms with Crippen molar-refractivity contribution in [3.63, 3.8) is 0 Å². The van der Waals surface area contributed by atoms with Crippen molar-refractivity contribution in [2.45, 2.75) is 25.3 Å². The molecule has 0 amide bonds. The number of fused-ring (bicyclic) bond motifs is 1. The fourth-order valence-electron chi connectivity index (χ4n) is 2.55. The number of aryl methyl sites for hydroxylation is 1.